The van der Waals surface area contributed by atoms with Crippen molar-refractivity contribution in [3.05, 3.63) is 24.3 Å². The number of nitrogens with zero attached hydrogens (tertiary/aromatic N) is 2. The van der Waals surface area contributed by atoms with Crippen LogP contribution in [0.2, 0.25) is 0 Å². The molecule has 1 aromatic rings. The van der Waals surface area contributed by atoms with E-state index in [-0.39, 0.29) is 23.7 Å². The highest BCUT2D eigenvalue weighted by atomic mass is 16.5. The second kappa shape index (κ2) is 6.59. The molecule has 1 aromatic carbocycles. The maximum absolute atomic E-state index is 13.0. The summed E-state index contributed by atoms with van der Waals surface area (Å²) < 4.78 is 11.5. The molecule has 0 aromatic heterocycles. The summed E-state index contributed by atoms with van der Waals surface area (Å²) in [6.45, 7) is 2.29. The topological polar surface area (TPSA) is 62.2 Å². The van der Waals surface area contributed by atoms with Crippen molar-refractivity contribution in [2.24, 2.45) is 0 Å². The van der Waals surface area contributed by atoms with Crippen molar-refractivity contribution < 1.29 is 19.4 Å². The minimum Gasteiger partial charge on any atom is -0.490 e. The van der Waals surface area contributed by atoms with Gasteiger partial charge in [-0.3, -0.25) is 9.69 Å². The van der Waals surface area contributed by atoms with Crippen LogP contribution in [0.5, 0.6) is 5.75 Å². The second-order valence-corrected chi connectivity index (χ2v) is 7.29. The average Bonchev–Trinajstić information content (AvgIpc) is 2.99. The summed E-state index contributed by atoms with van der Waals surface area (Å²) in [5.74, 6) is 0.852. The molecular weight excluding hydrogens is 320 g/mol. The van der Waals surface area contributed by atoms with Gasteiger partial charge in [0.1, 0.15) is 12.4 Å². The number of aliphatic hydroxyl groups excluding tert-OH is 1. The molecule has 0 unspecified atom stereocenters. The van der Waals surface area contributed by atoms with Gasteiger partial charge in [0.25, 0.3) is 0 Å². The van der Waals surface area contributed by atoms with Crippen LogP contribution >= 0.6 is 0 Å². The lowest BCUT2D eigenvalue weighted by Crippen LogP contribution is -2.53. The van der Waals surface area contributed by atoms with Crippen LogP contribution in [-0.4, -0.2) is 67.0 Å². The summed E-state index contributed by atoms with van der Waals surface area (Å²) in [4.78, 5) is 17.0. The summed E-state index contributed by atoms with van der Waals surface area (Å²) in [6, 6.07) is 7.79. The van der Waals surface area contributed by atoms with E-state index in [0.29, 0.717) is 26.1 Å². The Kier molecular flexibility index (Phi) is 4.43. The molecule has 6 heteroatoms. The highest BCUT2D eigenvalue weighted by Crippen LogP contribution is 2.42. The molecule has 2 heterocycles. The quantitative estimate of drug-likeness (QED) is 0.897. The van der Waals surface area contributed by atoms with Crippen LogP contribution < -0.4 is 9.64 Å². The molecule has 1 saturated carbocycles. The number of likely N-dealkylation sites (tertiary alicyclic amines) is 1. The van der Waals surface area contributed by atoms with E-state index in [1.807, 2.05) is 29.2 Å². The Morgan fingerprint density at radius 1 is 1.36 bits per heavy atom. The predicted octanol–water partition coefficient (Wildman–Crippen LogP) is 1.42. The molecule has 1 aliphatic carbocycles. The number of benzene rings is 1. The molecule has 1 saturated heterocycles. The first kappa shape index (κ1) is 16.8. The predicted molar refractivity (Wildman–Crippen MR) is 93.9 cm³/mol. The number of para-hydroxylation sites is 2. The van der Waals surface area contributed by atoms with Crippen molar-refractivity contribution in [2.45, 2.75) is 43.4 Å². The van der Waals surface area contributed by atoms with Gasteiger partial charge in [0.2, 0.25) is 5.91 Å². The first-order chi connectivity index (χ1) is 12.1. The van der Waals surface area contributed by atoms with Crippen LogP contribution in [0.1, 0.15) is 25.7 Å². The molecule has 0 radical (unpaired) electrons. The molecule has 1 amide bonds. The van der Waals surface area contributed by atoms with Gasteiger partial charge < -0.3 is 19.5 Å². The number of carbonyl (C=O) groups excluding carboxylic acids is 1. The molecule has 3 aliphatic rings. The number of hydrogen-bond acceptors (Lipinski definition) is 5. The number of hydrogen-bond donors (Lipinski definition) is 1. The van der Waals surface area contributed by atoms with Gasteiger partial charge in [0.05, 0.1) is 30.5 Å². The van der Waals surface area contributed by atoms with E-state index in [0.717, 1.165) is 37.2 Å². The Hall–Kier alpha value is -1.63. The number of aliphatic hydroxyl groups is 1. The second-order valence-electron chi connectivity index (χ2n) is 7.29. The van der Waals surface area contributed by atoms with Crippen molar-refractivity contribution in [2.75, 3.05) is 38.3 Å². The van der Waals surface area contributed by atoms with Gasteiger partial charge >= 0.3 is 0 Å². The number of fused-ring (bicyclic) bond motifs is 2. The maximum atomic E-state index is 13.0. The molecule has 2 aliphatic heterocycles. The van der Waals surface area contributed by atoms with Crippen LogP contribution in [0.25, 0.3) is 0 Å². The van der Waals surface area contributed by atoms with E-state index in [1.165, 1.54) is 0 Å². The zero-order chi connectivity index (χ0) is 17.4. The smallest absolute Gasteiger partial charge is 0.241 e. The van der Waals surface area contributed by atoms with Gasteiger partial charge in [-0.25, -0.2) is 0 Å². The molecule has 3 atom stereocenters. The summed E-state index contributed by atoms with van der Waals surface area (Å²) in [5.41, 5.74) is 0.641. The van der Waals surface area contributed by atoms with Crippen molar-refractivity contribution in [3.8, 4) is 5.75 Å². The third-order valence-corrected chi connectivity index (χ3v) is 6.04. The highest BCUT2D eigenvalue weighted by Gasteiger charge is 2.51. The van der Waals surface area contributed by atoms with Crippen molar-refractivity contribution >= 4 is 11.6 Å². The lowest BCUT2D eigenvalue weighted by Gasteiger charge is -2.42. The molecule has 2 fully saturated rings. The standard InChI is InChI=1S/C19H26N2O4/c1-24-19-7-6-14(22)12-17(19)20(9-8-19)13-18(23)21-10-11-25-16-5-3-2-4-15(16)21/h2-5,14,17,22H,6-13H2,1H3/t14-,17-,19+/m0/s1. The normalized spacial score (nSPS) is 32.0. The minimum atomic E-state index is -0.298. The fraction of sp³-hybridized carbons (Fsp3) is 0.632. The van der Waals surface area contributed by atoms with Gasteiger partial charge in [0, 0.05) is 19.7 Å². The Morgan fingerprint density at radius 2 is 2.20 bits per heavy atom. The number of carbonyl (C=O) groups is 1. The summed E-state index contributed by atoms with van der Waals surface area (Å²) in [5, 5.41) is 10.1. The van der Waals surface area contributed by atoms with Gasteiger partial charge in [-0.15, -0.1) is 0 Å². The molecule has 136 valence electrons. The van der Waals surface area contributed by atoms with Crippen molar-refractivity contribution in [3.63, 3.8) is 0 Å². The molecule has 25 heavy (non-hydrogen) atoms. The lowest BCUT2D eigenvalue weighted by molar-refractivity contribution is -0.123. The number of amides is 1. The van der Waals surface area contributed by atoms with Crippen LogP contribution in [-0.2, 0) is 9.53 Å². The maximum Gasteiger partial charge on any atom is 0.241 e. The minimum absolute atomic E-state index is 0.0858. The molecule has 4 rings (SSSR count). The van der Waals surface area contributed by atoms with E-state index in [2.05, 4.69) is 4.90 Å². The molecule has 0 spiro atoms. The van der Waals surface area contributed by atoms with Crippen LogP contribution in [0, 0.1) is 0 Å². The van der Waals surface area contributed by atoms with E-state index >= 15 is 0 Å². The van der Waals surface area contributed by atoms with Gasteiger partial charge in [0.15, 0.2) is 0 Å². The molecular formula is C19H26N2O4. The van der Waals surface area contributed by atoms with Gasteiger partial charge in [-0.05, 0) is 37.8 Å². The monoisotopic (exact) mass is 346 g/mol. The largest absolute Gasteiger partial charge is 0.490 e. The van der Waals surface area contributed by atoms with E-state index < -0.39 is 0 Å². The highest BCUT2D eigenvalue weighted by molar-refractivity contribution is 5.96. The van der Waals surface area contributed by atoms with E-state index in [1.54, 1.807) is 7.11 Å². The van der Waals surface area contributed by atoms with Crippen LogP contribution in [0.3, 0.4) is 0 Å². The Labute approximate surface area is 148 Å². The number of methoxy groups -OCH3 is 1. The molecule has 0 bridgehead atoms. The molecule has 1 N–H and O–H groups in total. The summed E-state index contributed by atoms with van der Waals surface area (Å²) >= 11 is 0. The Morgan fingerprint density at radius 3 is 3.04 bits per heavy atom. The number of ether oxygens (including phenoxy) is 2. The number of rotatable bonds is 3. The van der Waals surface area contributed by atoms with E-state index in [4.69, 9.17) is 9.47 Å². The summed E-state index contributed by atoms with van der Waals surface area (Å²) in [6.07, 6.45) is 2.95. The average molecular weight is 346 g/mol. The van der Waals surface area contributed by atoms with Gasteiger partial charge in [-0.1, -0.05) is 12.1 Å². The van der Waals surface area contributed by atoms with E-state index in [9.17, 15) is 9.90 Å². The third kappa shape index (κ3) is 2.92. The zero-order valence-corrected chi connectivity index (χ0v) is 14.7. The first-order valence-electron chi connectivity index (χ1n) is 9.12. The van der Waals surface area contributed by atoms with Crippen LogP contribution in [0.15, 0.2) is 24.3 Å². The Balaban J connectivity index is 1.50. The van der Waals surface area contributed by atoms with Crippen LogP contribution in [0.4, 0.5) is 5.69 Å². The Bertz CT molecular complexity index is 652. The van der Waals surface area contributed by atoms with Crippen molar-refractivity contribution in [1.29, 1.82) is 0 Å². The zero-order valence-electron chi connectivity index (χ0n) is 14.7. The molecule has 6 nitrogen and oxygen atoms in total. The number of anilines is 1. The lowest BCUT2D eigenvalue weighted by atomic mass is 9.79. The SMILES string of the molecule is CO[C@@]12CC[C@H](O)C[C@@H]1N(CC(=O)N1CCOc3ccccc31)CC2. The van der Waals surface area contributed by atoms with Crippen molar-refractivity contribution in [1.82, 2.24) is 4.90 Å². The summed E-state index contributed by atoms with van der Waals surface area (Å²) in [7, 11) is 1.76. The third-order valence-electron chi connectivity index (χ3n) is 6.04. The fourth-order valence-corrected chi connectivity index (χ4v) is 4.65. The fourth-order valence-electron chi connectivity index (χ4n) is 4.65. The first-order valence-corrected chi connectivity index (χ1v) is 9.12. The van der Waals surface area contributed by atoms with Gasteiger partial charge in [-0.2, -0.15) is 0 Å².